The van der Waals surface area contributed by atoms with Crippen LogP contribution < -0.4 is 10.1 Å². The van der Waals surface area contributed by atoms with Gasteiger partial charge in [-0.3, -0.25) is 4.79 Å². The first-order valence-corrected chi connectivity index (χ1v) is 8.98. The van der Waals surface area contributed by atoms with Crippen LogP contribution in [0.3, 0.4) is 0 Å². The number of rotatable bonds is 6. The Hall–Kier alpha value is -3.94. The zero-order chi connectivity index (χ0) is 20.2. The topological polar surface area (TPSA) is 95.1 Å². The van der Waals surface area contributed by atoms with E-state index in [4.69, 9.17) is 9.26 Å². The summed E-state index contributed by atoms with van der Waals surface area (Å²) < 4.78 is 12.4. The maximum Gasteiger partial charge on any atom is 0.261 e. The van der Waals surface area contributed by atoms with Crippen molar-refractivity contribution in [3.8, 4) is 17.0 Å². The number of benzene rings is 2. The van der Waals surface area contributed by atoms with Crippen molar-refractivity contribution < 1.29 is 14.1 Å². The van der Waals surface area contributed by atoms with Crippen molar-refractivity contribution in [2.24, 2.45) is 0 Å². The number of ether oxygens (including phenoxy) is 1. The normalized spacial score (nSPS) is 10.7. The van der Waals surface area contributed by atoms with Crippen molar-refractivity contribution in [1.82, 2.24) is 19.9 Å². The second kappa shape index (κ2) is 7.97. The number of hydrogen-bond acceptors (Lipinski definition) is 6. The monoisotopic (exact) mass is 389 g/mol. The molecule has 0 aliphatic carbocycles. The van der Waals surface area contributed by atoms with Crippen LogP contribution in [0.15, 0.2) is 65.7 Å². The molecule has 0 radical (unpaired) electrons. The molecule has 0 aliphatic rings. The average Bonchev–Trinajstić information content (AvgIpc) is 3.39. The fourth-order valence-electron chi connectivity index (χ4n) is 3.05. The van der Waals surface area contributed by atoms with Crippen molar-refractivity contribution in [2.75, 3.05) is 12.4 Å². The predicted molar refractivity (Wildman–Crippen MR) is 107 cm³/mol. The molecule has 2 aromatic carbocycles. The summed E-state index contributed by atoms with van der Waals surface area (Å²) in [6, 6.07) is 14.9. The largest absolute Gasteiger partial charge is 0.496 e. The van der Waals surface area contributed by atoms with Crippen molar-refractivity contribution in [2.45, 2.75) is 13.5 Å². The Balaban J connectivity index is 1.55. The van der Waals surface area contributed by atoms with E-state index in [9.17, 15) is 4.79 Å². The summed E-state index contributed by atoms with van der Waals surface area (Å²) in [7, 11) is 1.58. The molecule has 8 heteroatoms. The van der Waals surface area contributed by atoms with Crippen LogP contribution in [0, 0.1) is 6.92 Å². The van der Waals surface area contributed by atoms with Crippen LogP contribution in [0.5, 0.6) is 5.75 Å². The van der Waals surface area contributed by atoms with Crippen LogP contribution in [-0.2, 0) is 6.54 Å². The van der Waals surface area contributed by atoms with Gasteiger partial charge in [-0.05, 0) is 36.8 Å². The van der Waals surface area contributed by atoms with Gasteiger partial charge in [0.05, 0.1) is 13.7 Å². The fraction of sp³-hybridized carbons (Fsp3) is 0.143. The van der Waals surface area contributed by atoms with Crippen LogP contribution in [0.2, 0.25) is 0 Å². The molecule has 29 heavy (non-hydrogen) atoms. The van der Waals surface area contributed by atoms with Gasteiger partial charge in [0.25, 0.3) is 5.91 Å². The third-order valence-electron chi connectivity index (χ3n) is 4.47. The summed E-state index contributed by atoms with van der Waals surface area (Å²) in [4.78, 5) is 16.9. The van der Waals surface area contributed by atoms with Gasteiger partial charge < -0.3 is 14.6 Å². The average molecular weight is 389 g/mol. The summed E-state index contributed by atoms with van der Waals surface area (Å²) in [5.41, 5.74) is 3.23. The summed E-state index contributed by atoms with van der Waals surface area (Å²) in [5, 5.41) is 11.1. The lowest BCUT2D eigenvalue weighted by Gasteiger charge is -2.09. The molecule has 1 N–H and O–H groups in total. The standard InChI is InChI=1S/C21H19N5O3/c1-14-19(20(25-29-14)17-5-3-4-6-18(17)28-2)21(27)24-16-9-7-15(8-10-16)11-26-13-22-12-23-26/h3-10,12-13H,11H2,1-2H3,(H,24,27). The van der Waals surface area contributed by atoms with Gasteiger partial charge in [0.15, 0.2) is 0 Å². The van der Waals surface area contributed by atoms with E-state index in [1.165, 1.54) is 6.33 Å². The molecule has 0 saturated heterocycles. The number of aryl methyl sites for hydroxylation is 1. The SMILES string of the molecule is COc1ccccc1-c1noc(C)c1C(=O)Nc1ccc(Cn2cncn2)cc1. The van der Waals surface area contributed by atoms with Gasteiger partial charge in [-0.25, -0.2) is 9.67 Å². The summed E-state index contributed by atoms with van der Waals surface area (Å²) >= 11 is 0. The molecule has 0 atom stereocenters. The quantitative estimate of drug-likeness (QED) is 0.542. The van der Waals surface area contributed by atoms with Gasteiger partial charge in [0, 0.05) is 11.3 Å². The number of hydrogen-bond donors (Lipinski definition) is 1. The Labute approximate surface area is 167 Å². The molecule has 0 saturated carbocycles. The molecule has 1 amide bonds. The number of carbonyl (C=O) groups is 1. The molecule has 0 spiro atoms. The Morgan fingerprint density at radius 2 is 1.97 bits per heavy atom. The van der Waals surface area contributed by atoms with E-state index >= 15 is 0 Å². The molecule has 2 heterocycles. The van der Waals surface area contributed by atoms with Gasteiger partial charge in [-0.1, -0.05) is 29.4 Å². The fourth-order valence-corrected chi connectivity index (χ4v) is 3.05. The van der Waals surface area contributed by atoms with Crippen molar-refractivity contribution >= 4 is 11.6 Å². The number of aromatic nitrogens is 4. The van der Waals surface area contributed by atoms with Crippen molar-refractivity contribution in [1.29, 1.82) is 0 Å². The highest BCUT2D eigenvalue weighted by molar-refractivity contribution is 6.09. The van der Waals surface area contributed by atoms with Gasteiger partial charge in [-0.2, -0.15) is 5.10 Å². The number of para-hydroxylation sites is 1. The minimum Gasteiger partial charge on any atom is -0.496 e. The first kappa shape index (κ1) is 18.4. The maximum atomic E-state index is 13.0. The Bertz CT molecular complexity index is 1120. The molecule has 146 valence electrons. The zero-order valence-electron chi connectivity index (χ0n) is 16.0. The van der Waals surface area contributed by atoms with E-state index in [1.54, 1.807) is 25.0 Å². The minimum atomic E-state index is -0.298. The summed E-state index contributed by atoms with van der Waals surface area (Å²) in [5.74, 6) is 0.757. The summed E-state index contributed by atoms with van der Waals surface area (Å²) in [6.07, 6.45) is 3.15. The van der Waals surface area contributed by atoms with Crippen LogP contribution in [-0.4, -0.2) is 32.9 Å². The number of anilines is 1. The molecule has 0 unspecified atom stereocenters. The highest BCUT2D eigenvalue weighted by atomic mass is 16.5. The van der Waals surface area contributed by atoms with Gasteiger partial charge in [0.2, 0.25) is 0 Å². The molecular formula is C21H19N5O3. The van der Waals surface area contributed by atoms with Crippen LogP contribution in [0.1, 0.15) is 21.7 Å². The van der Waals surface area contributed by atoms with E-state index in [1.807, 2.05) is 48.5 Å². The highest BCUT2D eigenvalue weighted by Crippen LogP contribution is 2.33. The third kappa shape index (κ3) is 3.86. The molecule has 0 fully saturated rings. The zero-order valence-corrected chi connectivity index (χ0v) is 16.0. The number of carbonyl (C=O) groups excluding carboxylic acids is 1. The van der Waals surface area contributed by atoms with Crippen molar-refractivity contribution in [3.05, 3.63) is 78.1 Å². The predicted octanol–water partition coefficient (Wildman–Crippen LogP) is 3.55. The molecule has 2 aromatic heterocycles. The number of nitrogens with zero attached hydrogens (tertiary/aromatic N) is 4. The second-order valence-electron chi connectivity index (χ2n) is 6.41. The third-order valence-corrected chi connectivity index (χ3v) is 4.47. The first-order valence-electron chi connectivity index (χ1n) is 8.98. The molecule has 0 aliphatic heterocycles. The number of methoxy groups -OCH3 is 1. The van der Waals surface area contributed by atoms with E-state index in [-0.39, 0.29) is 5.91 Å². The van der Waals surface area contributed by atoms with E-state index < -0.39 is 0 Å². The van der Waals surface area contributed by atoms with Gasteiger partial charge in [0.1, 0.15) is 35.4 Å². The van der Waals surface area contributed by atoms with E-state index in [0.29, 0.717) is 40.6 Å². The molecule has 8 nitrogen and oxygen atoms in total. The smallest absolute Gasteiger partial charge is 0.261 e. The molecule has 0 bridgehead atoms. The first-order chi connectivity index (χ1) is 14.2. The lowest BCUT2D eigenvalue weighted by atomic mass is 10.0. The molecular weight excluding hydrogens is 370 g/mol. The van der Waals surface area contributed by atoms with Gasteiger partial charge >= 0.3 is 0 Å². The van der Waals surface area contributed by atoms with E-state index in [2.05, 4.69) is 20.6 Å². The molecule has 4 rings (SSSR count). The second-order valence-corrected chi connectivity index (χ2v) is 6.41. The van der Waals surface area contributed by atoms with Crippen molar-refractivity contribution in [3.63, 3.8) is 0 Å². The van der Waals surface area contributed by atoms with E-state index in [0.717, 1.165) is 5.56 Å². The highest BCUT2D eigenvalue weighted by Gasteiger charge is 2.23. The summed E-state index contributed by atoms with van der Waals surface area (Å²) in [6.45, 7) is 2.32. The lowest BCUT2D eigenvalue weighted by Crippen LogP contribution is -2.13. The Morgan fingerprint density at radius 1 is 1.17 bits per heavy atom. The van der Waals surface area contributed by atoms with Crippen LogP contribution in [0.25, 0.3) is 11.3 Å². The molecule has 4 aromatic rings. The maximum absolute atomic E-state index is 13.0. The Morgan fingerprint density at radius 3 is 2.69 bits per heavy atom. The van der Waals surface area contributed by atoms with Crippen LogP contribution >= 0.6 is 0 Å². The Kier molecular flexibility index (Phi) is 5.07. The van der Waals surface area contributed by atoms with Crippen LogP contribution in [0.4, 0.5) is 5.69 Å². The number of amides is 1. The number of nitrogens with one attached hydrogen (secondary N) is 1. The minimum absolute atomic E-state index is 0.298. The van der Waals surface area contributed by atoms with Gasteiger partial charge in [-0.15, -0.1) is 0 Å². The lowest BCUT2D eigenvalue weighted by molar-refractivity contribution is 0.102.